The van der Waals surface area contributed by atoms with Crippen LogP contribution < -0.4 is 5.32 Å². The van der Waals surface area contributed by atoms with Gasteiger partial charge < -0.3 is 5.32 Å². The molecule has 1 aromatic carbocycles. The Balaban J connectivity index is 1.56. The van der Waals surface area contributed by atoms with E-state index in [9.17, 15) is 4.79 Å². The summed E-state index contributed by atoms with van der Waals surface area (Å²) >= 11 is 1.60. The van der Waals surface area contributed by atoms with Gasteiger partial charge in [0, 0.05) is 29.8 Å². The molecular formula is C18H18N4OS. The third-order valence-corrected chi connectivity index (χ3v) is 5.13. The van der Waals surface area contributed by atoms with E-state index in [1.165, 1.54) is 0 Å². The van der Waals surface area contributed by atoms with Crippen molar-refractivity contribution >= 4 is 17.2 Å². The van der Waals surface area contributed by atoms with Gasteiger partial charge in [0.2, 0.25) is 0 Å². The van der Waals surface area contributed by atoms with Gasteiger partial charge in [0.25, 0.3) is 5.91 Å². The fourth-order valence-electron chi connectivity index (χ4n) is 2.74. The number of amides is 1. The van der Waals surface area contributed by atoms with E-state index in [2.05, 4.69) is 10.4 Å². The van der Waals surface area contributed by atoms with Gasteiger partial charge >= 0.3 is 0 Å². The Labute approximate surface area is 144 Å². The van der Waals surface area contributed by atoms with Crippen molar-refractivity contribution in [3.8, 4) is 11.3 Å². The van der Waals surface area contributed by atoms with E-state index in [0.29, 0.717) is 11.5 Å². The van der Waals surface area contributed by atoms with Gasteiger partial charge in [-0.1, -0.05) is 18.2 Å². The first-order valence-electron chi connectivity index (χ1n) is 8.01. The molecule has 1 saturated carbocycles. The van der Waals surface area contributed by atoms with Gasteiger partial charge in [-0.25, -0.2) is 4.98 Å². The minimum atomic E-state index is -0.0365. The maximum atomic E-state index is 12.5. The number of hydrogen-bond donors (Lipinski definition) is 1. The van der Waals surface area contributed by atoms with E-state index in [-0.39, 0.29) is 11.9 Å². The molecule has 1 aliphatic rings. The van der Waals surface area contributed by atoms with Crippen molar-refractivity contribution in [2.45, 2.75) is 18.9 Å². The van der Waals surface area contributed by atoms with Crippen LogP contribution in [0.5, 0.6) is 0 Å². The molecule has 1 N–H and O–H groups in total. The summed E-state index contributed by atoms with van der Waals surface area (Å²) in [6.07, 6.45) is 6.05. The van der Waals surface area contributed by atoms with Crippen LogP contribution in [0.4, 0.5) is 0 Å². The number of aromatic nitrogens is 3. The summed E-state index contributed by atoms with van der Waals surface area (Å²) in [5, 5.41) is 10.4. The van der Waals surface area contributed by atoms with Gasteiger partial charge in [0.05, 0.1) is 17.9 Å². The second kappa shape index (κ2) is 6.20. The van der Waals surface area contributed by atoms with E-state index in [1.54, 1.807) is 16.0 Å². The third kappa shape index (κ3) is 3.10. The van der Waals surface area contributed by atoms with Crippen molar-refractivity contribution in [3.05, 3.63) is 58.7 Å². The molecule has 0 aliphatic heterocycles. The number of hydrogen-bond acceptors (Lipinski definition) is 4. The molecule has 1 unspecified atom stereocenters. The monoisotopic (exact) mass is 338 g/mol. The van der Waals surface area contributed by atoms with Crippen LogP contribution in [0.25, 0.3) is 11.3 Å². The summed E-state index contributed by atoms with van der Waals surface area (Å²) in [6, 6.07) is 9.34. The first kappa shape index (κ1) is 15.1. The van der Waals surface area contributed by atoms with Gasteiger partial charge in [-0.05, 0) is 30.9 Å². The van der Waals surface area contributed by atoms with Gasteiger partial charge in [0.1, 0.15) is 5.01 Å². The Morgan fingerprint density at radius 3 is 2.79 bits per heavy atom. The standard InChI is InChI=1S/C18H18N4OS/c1-22-10-14(9-19-22)15-11-24-18(20-15)16(12-7-8-12)21-17(23)13-5-3-2-4-6-13/h2-6,9-12,16H,7-8H2,1H3,(H,21,23). The topological polar surface area (TPSA) is 59.8 Å². The Morgan fingerprint density at radius 2 is 2.12 bits per heavy atom. The number of nitrogens with one attached hydrogen (secondary N) is 1. The normalized spacial score (nSPS) is 15.2. The second-order valence-corrected chi connectivity index (χ2v) is 7.02. The molecule has 2 heterocycles. The van der Waals surface area contributed by atoms with E-state index in [0.717, 1.165) is 29.1 Å². The molecular weight excluding hydrogens is 320 g/mol. The summed E-state index contributed by atoms with van der Waals surface area (Å²) < 4.78 is 1.77. The van der Waals surface area contributed by atoms with Crippen LogP contribution in [0.1, 0.15) is 34.2 Å². The van der Waals surface area contributed by atoms with Crippen molar-refractivity contribution in [2.24, 2.45) is 13.0 Å². The van der Waals surface area contributed by atoms with Gasteiger partial charge in [-0.2, -0.15) is 5.10 Å². The molecule has 4 rings (SSSR count). The Morgan fingerprint density at radius 1 is 1.33 bits per heavy atom. The second-order valence-electron chi connectivity index (χ2n) is 6.13. The lowest BCUT2D eigenvalue weighted by molar-refractivity contribution is 0.0931. The predicted molar refractivity (Wildman–Crippen MR) is 93.7 cm³/mol. The van der Waals surface area contributed by atoms with E-state index < -0.39 is 0 Å². The number of thiazole rings is 1. The zero-order valence-electron chi connectivity index (χ0n) is 13.3. The van der Waals surface area contributed by atoms with Gasteiger partial charge in [0.15, 0.2) is 0 Å². The average molecular weight is 338 g/mol. The average Bonchev–Trinajstić information content (AvgIpc) is 3.16. The number of carbonyl (C=O) groups is 1. The number of aryl methyl sites for hydroxylation is 1. The Bertz CT molecular complexity index is 851. The summed E-state index contributed by atoms with van der Waals surface area (Å²) in [6.45, 7) is 0. The Kier molecular flexibility index (Phi) is 3.90. The zero-order valence-corrected chi connectivity index (χ0v) is 14.2. The van der Waals surface area contributed by atoms with Gasteiger partial charge in [-0.3, -0.25) is 9.48 Å². The van der Waals surface area contributed by atoms with E-state index in [4.69, 9.17) is 4.98 Å². The molecule has 1 aliphatic carbocycles. The van der Waals surface area contributed by atoms with Crippen LogP contribution in [0.15, 0.2) is 48.1 Å². The number of benzene rings is 1. The number of carbonyl (C=O) groups excluding carboxylic acids is 1. The van der Waals surface area contributed by atoms with E-state index >= 15 is 0 Å². The largest absolute Gasteiger partial charge is 0.343 e. The predicted octanol–water partition coefficient (Wildman–Crippen LogP) is 3.42. The summed E-state index contributed by atoms with van der Waals surface area (Å²) in [5.74, 6) is 0.455. The van der Waals surface area contributed by atoms with Crippen molar-refractivity contribution < 1.29 is 4.79 Å². The molecule has 0 bridgehead atoms. The molecule has 2 aromatic heterocycles. The first-order valence-corrected chi connectivity index (χ1v) is 8.89. The van der Waals surface area contributed by atoms with Crippen LogP contribution in [-0.4, -0.2) is 20.7 Å². The highest BCUT2D eigenvalue weighted by Crippen LogP contribution is 2.42. The fraction of sp³-hybridized carbons (Fsp3) is 0.278. The van der Waals surface area contributed by atoms with Crippen LogP contribution in [0.2, 0.25) is 0 Å². The van der Waals surface area contributed by atoms with Crippen LogP contribution in [-0.2, 0) is 7.05 Å². The molecule has 122 valence electrons. The van der Waals surface area contributed by atoms with Crippen LogP contribution >= 0.6 is 11.3 Å². The molecule has 1 fully saturated rings. The highest BCUT2D eigenvalue weighted by atomic mass is 32.1. The first-order chi connectivity index (χ1) is 11.7. The van der Waals surface area contributed by atoms with Crippen LogP contribution in [0.3, 0.4) is 0 Å². The lowest BCUT2D eigenvalue weighted by atomic mass is 10.1. The molecule has 3 aromatic rings. The van der Waals surface area contributed by atoms with Crippen molar-refractivity contribution in [1.82, 2.24) is 20.1 Å². The molecule has 5 nitrogen and oxygen atoms in total. The van der Waals surface area contributed by atoms with E-state index in [1.807, 2.05) is 55.2 Å². The lowest BCUT2D eigenvalue weighted by Gasteiger charge is -2.15. The summed E-state index contributed by atoms with van der Waals surface area (Å²) in [4.78, 5) is 17.2. The highest BCUT2D eigenvalue weighted by Gasteiger charge is 2.35. The van der Waals surface area contributed by atoms with Crippen molar-refractivity contribution in [3.63, 3.8) is 0 Å². The highest BCUT2D eigenvalue weighted by molar-refractivity contribution is 7.10. The minimum absolute atomic E-state index is 0.00636. The maximum Gasteiger partial charge on any atom is 0.251 e. The Hall–Kier alpha value is -2.47. The SMILES string of the molecule is Cn1cc(-c2csc(C(NC(=O)c3ccccc3)C3CC3)n2)cn1. The number of nitrogens with zero attached hydrogens (tertiary/aromatic N) is 3. The molecule has 0 spiro atoms. The lowest BCUT2D eigenvalue weighted by Crippen LogP contribution is -2.29. The quantitative estimate of drug-likeness (QED) is 0.775. The molecule has 1 atom stereocenters. The zero-order chi connectivity index (χ0) is 16.5. The van der Waals surface area contributed by atoms with Crippen LogP contribution in [0, 0.1) is 5.92 Å². The van der Waals surface area contributed by atoms with Crippen molar-refractivity contribution in [2.75, 3.05) is 0 Å². The molecule has 0 saturated heterocycles. The van der Waals surface area contributed by atoms with Gasteiger partial charge in [-0.15, -0.1) is 11.3 Å². The smallest absolute Gasteiger partial charge is 0.251 e. The fourth-order valence-corrected chi connectivity index (χ4v) is 3.71. The molecule has 0 radical (unpaired) electrons. The minimum Gasteiger partial charge on any atom is -0.343 e. The molecule has 1 amide bonds. The number of rotatable bonds is 5. The maximum absolute atomic E-state index is 12.5. The van der Waals surface area contributed by atoms with Crippen molar-refractivity contribution in [1.29, 1.82) is 0 Å². The summed E-state index contributed by atoms with van der Waals surface area (Å²) in [5.41, 5.74) is 2.61. The molecule has 6 heteroatoms. The third-order valence-electron chi connectivity index (χ3n) is 4.20. The molecule has 24 heavy (non-hydrogen) atoms. The summed E-state index contributed by atoms with van der Waals surface area (Å²) in [7, 11) is 1.89.